The van der Waals surface area contributed by atoms with E-state index in [2.05, 4.69) is 15.3 Å². The highest BCUT2D eigenvalue weighted by molar-refractivity contribution is 7.14. The molecule has 0 radical (unpaired) electrons. The number of carbonyl (C=O) groups excluding carboxylic acids is 1. The van der Waals surface area contributed by atoms with E-state index in [-0.39, 0.29) is 27.4 Å². The fourth-order valence-corrected chi connectivity index (χ4v) is 2.48. The predicted octanol–water partition coefficient (Wildman–Crippen LogP) is 2.72. The summed E-state index contributed by atoms with van der Waals surface area (Å²) in [6.45, 7) is 0. The topological polar surface area (TPSA) is 92.2 Å². The second-order valence-electron chi connectivity index (χ2n) is 3.64. The van der Waals surface area contributed by atoms with Crippen molar-refractivity contribution in [2.45, 2.75) is 6.42 Å². The van der Waals surface area contributed by atoms with E-state index in [0.717, 1.165) is 11.3 Å². The normalized spacial score (nSPS) is 10.3. The van der Waals surface area contributed by atoms with Crippen molar-refractivity contribution in [3.8, 4) is 0 Å². The Hall–Kier alpha value is -1.70. The molecule has 0 fully saturated rings. The van der Waals surface area contributed by atoms with Crippen LogP contribution in [0.5, 0.6) is 0 Å². The minimum Gasteiger partial charge on any atom is -0.481 e. The van der Waals surface area contributed by atoms with Crippen LogP contribution in [0.1, 0.15) is 16.1 Å². The molecular formula is C11H7Cl2N3O3S. The van der Waals surface area contributed by atoms with E-state index >= 15 is 0 Å². The molecule has 2 N–H and O–H groups in total. The summed E-state index contributed by atoms with van der Waals surface area (Å²) in [6.07, 6.45) is -0.199. The smallest absolute Gasteiger partial charge is 0.309 e. The number of nitrogens with one attached hydrogen (secondary N) is 1. The summed E-state index contributed by atoms with van der Waals surface area (Å²) in [5, 5.41) is 13.2. The summed E-state index contributed by atoms with van der Waals surface area (Å²) in [5.41, 5.74) is 0.532. The third kappa shape index (κ3) is 3.66. The molecule has 2 aromatic heterocycles. The zero-order valence-corrected chi connectivity index (χ0v) is 12.1. The third-order valence-corrected chi connectivity index (χ3v) is 3.47. The summed E-state index contributed by atoms with van der Waals surface area (Å²) < 4.78 is 0. The van der Waals surface area contributed by atoms with E-state index in [1.165, 1.54) is 12.1 Å². The van der Waals surface area contributed by atoms with Crippen LogP contribution in [0.25, 0.3) is 0 Å². The van der Waals surface area contributed by atoms with Crippen molar-refractivity contribution in [2.75, 3.05) is 5.32 Å². The first-order chi connectivity index (χ1) is 9.45. The molecule has 0 aliphatic heterocycles. The first kappa shape index (κ1) is 14.7. The van der Waals surface area contributed by atoms with Crippen LogP contribution in [0.2, 0.25) is 10.3 Å². The largest absolute Gasteiger partial charge is 0.481 e. The van der Waals surface area contributed by atoms with Gasteiger partial charge in [-0.25, -0.2) is 9.97 Å². The van der Waals surface area contributed by atoms with Gasteiger partial charge in [0.1, 0.15) is 10.3 Å². The molecular weight excluding hydrogens is 325 g/mol. The summed E-state index contributed by atoms with van der Waals surface area (Å²) in [5.74, 6) is -1.48. The monoisotopic (exact) mass is 331 g/mol. The molecule has 9 heteroatoms. The number of hydrogen-bond donors (Lipinski definition) is 2. The lowest BCUT2D eigenvalue weighted by Gasteiger charge is -2.03. The number of halogens is 2. The molecule has 6 nitrogen and oxygen atoms in total. The number of carboxylic acids is 1. The van der Waals surface area contributed by atoms with Gasteiger partial charge in [0.15, 0.2) is 5.13 Å². The average molecular weight is 332 g/mol. The number of carboxylic acid groups (broad SMARTS) is 1. The van der Waals surface area contributed by atoms with Crippen molar-refractivity contribution in [3.05, 3.63) is 39.1 Å². The molecule has 2 aromatic rings. The van der Waals surface area contributed by atoms with Gasteiger partial charge in [0, 0.05) is 5.38 Å². The van der Waals surface area contributed by atoms with Crippen LogP contribution in [0.4, 0.5) is 5.13 Å². The summed E-state index contributed by atoms with van der Waals surface area (Å²) in [4.78, 5) is 30.2. The lowest BCUT2D eigenvalue weighted by atomic mass is 10.3. The van der Waals surface area contributed by atoms with Crippen LogP contribution in [0, 0.1) is 0 Å². The molecule has 104 valence electrons. The quantitative estimate of drug-likeness (QED) is 0.840. The number of anilines is 1. The fraction of sp³-hybridized carbons (Fsp3) is 0.0909. The van der Waals surface area contributed by atoms with E-state index in [9.17, 15) is 9.59 Å². The van der Waals surface area contributed by atoms with Crippen LogP contribution >= 0.6 is 34.5 Å². The molecule has 0 spiro atoms. The second-order valence-corrected chi connectivity index (χ2v) is 5.24. The highest BCUT2D eigenvalue weighted by atomic mass is 35.5. The zero-order valence-electron chi connectivity index (χ0n) is 9.76. The fourth-order valence-electron chi connectivity index (χ4n) is 1.35. The standard InChI is InChI=1S/C11H7Cl2N3O3S/c12-7-2-1-6(9(13)15-7)10(19)16-11-14-5(4-20-11)3-8(17)18/h1-2,4H,3H2,(H,17,18)(H,14,16,19). The lowest BCUT2D eigenvalue weighted by Crippen LogP contribution is -2.13. The molecule has 0 saturated carbocycles. The van der Waals surface area contributed by atoms with Gasteiger partial charge in [-0.2, -0.15) is 0 Å². The number of thiazole rings is 1. The van der Waals surface area contributed by atoms with Crippen molar-refractivity contribution in [1.29, 1.82) is 0 Å². The van der Waals surface area contributed by atoms with Gasteiger partial charge in [-0.15, -0.1) is 11.3 Å². The maximum absolute atomic E-state index is 11.9. The summed E-state index contributed by atoms with van der Waals surface area (Å²) in [6, 6.07) is 2.89. The number of hydrogen-bond acceptors (Lipinski definition) is 5. The van der Waals surface area contributed by atoms with Crippen LogP contribution in [-0.4, -0.2) is 27.0 Å². The van der Waals surface area contributed by atoms with Crippen molar-refractivity contribution in [1.82, 2.24) is 9.97 Å². The number of pyridine rings is 1. The molecule has 0 aliphatic carbocycles. The van der Waals surface area contributed by atoms with E-state index in [1.54, 1.807) is 5.38 Å². The van der Waals surface area contributed by atoms with Gasteiger partial charge in [0.2, 0.25) is 0 Å². The van der Waals surface area contributed by atoms with Gasteiger partial charge in [-0.1, -0.05) is 23.2 Å². The van der Waals surface area contributed by atoms with Gasteiger partial charge < -0.3 is 5.11 Å². The van der Waals surface area contributed by atoms with E-state index < -0.39 is 11.9 Å². The average Bonchev–Trinajstić information content (AvgIpc) is 2.75. The molecule has 2 rings (SSSR count). The highest BCUT2D eigenvalue weighted by Gasteiger charge is 2.14. The molecule has 0 atom stereocenters. The minimum atomic E-state index is -0.988. The van der Waals surface area contributed by atoms with E-state index in [1.807, 2.05) is 0 Å². The molecule has 0 saturated heterocycles. The maximum Gasteiger partial charge on any atom is 0.309 e. The summed E-state index contributed by atoms with van der Waals surface area (Å²) >= 11 is 12.6. The first-order valence-electron chi connectivity index (χ1n) is 5.25. The molecule has 0 aliphatic rings. The third-order valence-electron chi connectivity index (χ3n) is 2.16. The van der Waals surface area contributed by atoms with Crippen LogP contribution in [0.15, 0.2) is 17.5 Å². The van der Waals surface area contributed by atoms with Gasteiger partial charge in [-0.05, 0) is 12.1 Å². The Balaban J connectivity index is 2.11. The van der Waals surface area contributed by atoms with Crippen molar-refractivity contribution >= 4 is 51.5 Å². The SMILES string of the molecule is O=C(O)Cc1csc(NC(=O)c2ccc(Cl)nc2Cl)n1. The van der Waals surface area contributed by atoms with Gasteiger partial charge in [-0.3, -0.25) is 14.9 Å². The van der Waals surface area contributed by atoms with Crippen molar-refractivity contribution in [3.63, 3.8) is 0 Å². The Labute approximate surface area is 127 Å². The molecule has 0 unspecified atom stereocenters. The number of rotatable bonds is 4. The Bertz CT molecular complexity index is 675. The Morgan fingerprint density at radius 2 is 2.05 bits per heavy atom. The predicted molar refractivity (Wildman–Crippen MR) is 75.7 cm³/mol. The van der Waals surface area contributed by atoms with E-state index in [4.69, 9.17) is 28.3 Å². The molecule has 1 amide bonds. The zero-order chi connectivity index (χ0) is 14.7. The maximum atomic E-state index is 11.9. The van der Waals surface area contributed by atoms with Crippen LogP contribution in [-0.2, 0) is 11.2 Å². The number of aliphatic carboxylic acids is 1. The molecule has 2 heterocycles. The number of nitrogens with zero attached hydrogens (tertiary/aromatic N) is 2. The number of carbonyl (C=O) groups is 2. The summed E-state index contributed by atoms with van der Waals surface area (Å²) in [7, 11) is 0. The van der Waals surface area contributed by atoms with E-state index in [0.29, 0.717) is 5.69 Å². The molecule has 20 heavy (non-hydrogen) atoms. The van der Waals surface area contributed by atoms with Gasteiger partial charge >= 0.3 is 5.97 Å². The number of aromatic nitrogens is 2. The molecule has 0 bridgehead atoms. The number of amides is 1. The lowest BCUT2D eigenvalue weighted by molar-refractivity contribution is -0.136. The molecule has 0 aromatic carbocycles. The van der Waals surface area contributed by atoms with Crippen molar-refractivity contribution < 1.29 is 14.7 Å². The van der Waals surface area contributed by atoms with Crippen LogP contribution in [0.3, 0.4) is 0 Å². The van der Waals surface area contributed by atoms with Crippen molar-refractivity contribution in [2.24, 2.45) is 0 Å². The van der Waals surface area contributed by atoms with Gasteiger partial charge in [0.05, 0.1) is 17.7 Å². The second kappa shape index (κ2) is 6.17. The minimum absolute atomic E-state index is 0.0164. The first-order valence-corrected chi connectivity index (χ1v) is 6.89. The highest BCUT2D eigenvalue weighted by Crippen LogP contribution is 2.20. The Kier molecular flexibility index (Phi) is 4.53. The Morgan fingerprint density at radius 3 is 2.70 bits per heavy atom. The van der Waals surface area contributed by atoms with Gasteiger partial charge in [0.25, 0.3) is 5.91 Å². The Morgan fingerprint density at radius 1 is 1.30 bits per heavy atom. The van der Waals surface area contributed by atoms with Crippen LogP contribution < -0.4 is 5.32 Å².